The van der Waals surface area contributed by atoms with Gasteiger partial charge < -0.3 is 9.57 Å². The largest absolute Gasteiger partial charge is 0.497 e. The molecule has 1 aliphatic rings. The van der Waals surface area contributed by atoms with Gasteiger partial charge in [0.15, 0.2) is 0 Å². The van der Waals surface area contributed by atoms with Crippen LogP contribution >= 0.6 is 22.6 Å². The van der Waals surface area contributed by atoms with Crippen LogP contribution in [-0.4, -0.2) is 18.8 Å². The van der Waals surface area contributed by atoms with E-state index in [9.17, 15) is 4.79 Å². The van der Waals surface area contributed by atoms with Crippen LogP contribution in [0.1, 0.15) is 34.3 Å². The van der Waals surface area contributed by atoms with Gasteiger partial charge in [0, 0.05) is 9.13 Å². The molecule has 118 valence electrons. The monoisotopic (exact) mass is 421 g/mol. The third kappa shape index (κ3) is 3.55. The number of halogens is 1. The summed E-state index contributed by atoms with van der Waals surface area (Å²) >= 11 is 2.11. The van der Waals surface area contributed by atoms with Crippen LogP contribution in [0, 0.1) is 3.57 Å². The van der Waals surface area contributed by atoms with Gasteiger partial charge in [-0.1, -0.05) is 23.4 Å². The van der Waals surface area contributed by atoms with Gasteiger partial charge in [-0.05, 0) is 71.7 Å². The molecule has 0 fully saturated rings. The summed E-state index contributed by atoms with van der Waals surface area (Å²) in [5.74, 6) is 0.347. The molecular formula is C18H16INO3. The van der Waals surface area contributed by atoms with Crippen molar-refractivity contribution >= 4 is 34.3 Å². The van der Waals surface area contributed by atoms with Crippen molar-refractivity contribution in [3.05, 3.63) is 62.7 Å². The minimum Gasteiger partial charge on any atom is -0.497 e. The molecule has 5 heteroatoms. The van der Waals surface area contributed by atoms with E-state index in [2.05, 4.69) is 27.7 Å². The zero-order chi connectivity index (χ0) is 16.2. The van der Waals surface area contributed by atoms with E-state index in [4.69, 9.17) is 9.57 Å². The van der Waals surface area contributed by atoms with Crippen molar-refractivity contribution in [3.8, 4) is 5.75 Å². The van der Waals surface area contributed by atoms with Crippen molar-refractivity contribution in [1.29, 1.82) is 0 Å². The molecule has 0 aliphatic heterocycles. The van der Waals surface area contributed by atoms with Crippen LogP contribution in [0.15, 0.2) is 47.6 Å². The van der Waals surface area contributed by atoms with E-state index < -0.39 is 5.97 Å². The number of benzene rings is 2. The smallest absolute Gasteiger partial charge is 0.366 e. The fraction of sp³-hybridized carbons (Fsp3) is 0.222. The molecule has 0 spiro atoms. The number of carbonyl (C=O) groups is 1. The van der Waals surface area contributed by atoms with Gasteiger partial charge >= 0.3 is 5.97 Å². The lowest BCUT2D eigenvalue weighted by atomic mass is 9.90. The van der Waals surface area contributed by atoms with Crippen LogP contribution in [0.5, 0.6) is 5.75 Å². The zero-order valence-electron chi connectivity index (χ0n) is 12.7. The van der Waals surface area contributed by atoms with E-state index in [1.54, 1.807) is 13.2 Å². The van der Waals surface area contributed by atoms with Gasteiger partial charge in [0.05, 0.1) is 18.4 Å². The summed E-state index contributed by atoms with van der Waals surface area (Å²) in [5.41, 5.74) is 3.54. The highest BCUT2D eigenvalue weighted by Gasteiger charge is 2.18. The Morgan fingerprint density at radius 2 is 2.00 bits per heavy atom. The maximum atomic E-state index is 12.2. The molecule has 2 aromatic carbocycles. The second-order valence-electron chi connectivity index (χ2n) is 5.27. The summed E-state index contributed by atoms with van der Waals surface area (Å²) in [6.45, 7) is 0. The lowest BCUT2D eigenvalue weighted by Gasteiger charge is -2.18. The van der Waals surface area contributed by atoms with Gasteiger partial charge in [-0.2, -0.15) is 0 Å². The van der Waals surface area contributed by atoms with Crippen LogP contribution in [0.2, 0.25) is 0 Å². The number of rotatable bonds is 3. The summed E-state index contributed by atoms with van der Waals surface area (Å²) in [7, 11) is 1.64. The van der Waals surface area contributed by atoms with Gasteiger partial charge in [0.25, 0.3) is 0 Å². The summed E-state index contributed by atoms with van der Waals surface area (Å²) in [4.78, 5) is 17.4. The molecule has 1 aliphatic carbocycles. The highest BCUT2D eigenvalue weighted by atomic mass is 127. The molecule has 3 rings (SSSR count). The van der Waals surface area contributed by atoms with Crippen LogP contribution < -0.4 is 4.74 Å². The minimum atomic E-state index is -0.433. The number of ether oxygens (including phenoxy) is 1. The number of carbonyl (C=O) groups excluding carboxylic acids is 1. The van der Waals surface area contributed by atoms with Crippen molar-refractivity contribution in [2.75, 3.05) is 7.11 Å². The molecule has 0 unspecified atom stereocenters. The Hall–Kier alpha value is -1.89. The molecule has 2 aromatic rings. The number of fused-ring (bicyclic) bond motifs is 1. The first-order valence-electron chi connectivity index (χ1n) is 7.39. The van der Waals surface area contributed by atoms with Crippen LogP contribution in [0.25, 0.3) is 0 Å². The molecule has 0 N–H and O–H groups in total. The highest BCUT2D eigenvalue weighted by molar-refractivity contribution is 14.1. The third-order valence-electron chi connectivity index (χ3n) is 3.82. The average Bonchev–Trinajstić information content (AvgIpc) is 2.59. The molecule has 0 bridgehead atoms. The molecule has 0 aromatic heterocycles. The minimum absolute atomic E-state index is 0.433. The normalized spacial score (nSPS) is 15.1. The standard InChI is InChI=1S/C18H16INO3/c1-22-13-10-9-12-5-4-8-17(15(12)11-13)20-23-18(21)14-6-2-3-7-16(14)19/h2-3,6-7,9-11H,4-5,8H2,1H3. The Bertz CT molecular complexity index is 771. The highest BCUT2D eigenvalue weighted by Crippen LogP contribution is 2.26. The summed E-state index contributed by atoms with van der Waals surface area (Å²) in [5, 5.41) is 4.13. The van der Waals surface area contributed by atoms with Gasteiger partial charge in [0.1, 0.15) is 5.75 Å². The summed E-state index contributed by atoms with van der Waals surface area (Å²) in [6, 6.07) is 13.2. The van der Waals surface area contributed by atoms with E-state index in [1.165, 1.54) is 5.56 Å². The number of hydrogen-bond acceptors (Lipinski definition) is 4. The second kappa shape index (κ2) is 7.12. The van der Waals surface area contributed by atoms with Crippen molar-refractivity contribution in [2.45, 2.75) is 19.3 Å². The number of aryl methyl sites for hydroxylation is 1. The zero-order valence-corrected chi connectivity index (χ0v) is 14.9. The predicted octanol–water partition coefficient (Wildman–Crippen LogP) is 4.20. The molecule has 4 nitrogen and oxygen atoms in total. The lowest BCUT2D eigenvalue weighted by molar-refractivity contribution is 0.0514. The summed E-state index contributed by atoms with van der Waals surface area (Å²) in [6.07, 6.45) is 2.79. The molecule has 0 amide bonds. The van der Waals surface area contributed by atoms with Crippen molar-refractivity contribution < 1.29 is 14.4 Å². The number of oxime groups is 1. The molecular weight excluding hydrogens is 405 g/mol. The number of methoxy groups -OCH3 is 1. The first-order valence-corrected chi connectivity index (χ1v) is 8.47. The Balaban J connectivity index is 1.84. The van der Waals surface area contributed by atoms with Gasteiger partial charge in [-0.25, -0.2) is 4.79 Å². The fourth-order valence-corrected chi connectivity index (χ4v) is 3.23. The van der Waals surface area contributed by atoms with E-state index >= 15 is 0 Å². The Morgan fingerprint density at radius 1 is 1.17 bits per heavy atom. The second-order valence-corrected chi connectivity index (χ2v) is 6.44. The molecule has 0 saturated heterocycles. The van der Waals surface area contributed by atoms with Crippen molar-refractivity contribution in [1.82, 2.24) is 0 Å². The lowest BCUT2D eigenvalue weighted by Crippen LogP contribution is -2.14. The van der Waals surface area contributed by atoms with E-state index in [0.717, 1.165) is 39.9 Å². The van der Waals surface area contributed by atoms with E-state index in [1.807, 2.05) is 36.4 Å². The Labute approximate surface area is 148 Å². The average molecular weight is 421 g/mol. The molecule has 0 atom stereocenters. The molecule has 23 heavy (non-hydrogen) atoms. The maximum Gasteiger partial charge on any atom is 0.366 e. The fourth-order valence-electron chi connectivity index (χ4n) is 2.62. The van der Waals surface area contributed by atoms with Crippen molar-refractivity contribution in [2.24, 2.45) is 5.16 Å². The first-order chi connectivity index (χ1) is 11.2. The number of hydrogen-bond donors (Lipinski definition) is 0. The third-order valence-corrected chi connectivity index (χ3v) is 4.76. The first kappa shape index (κ1) is 16.0. The maximum absolute atomic E-state index is 12.2. The van der Waals surface area contributed by atoms with E-state index in [0.29, 0.717) is 5.56 Å². The van der Waals surface area contributed by atoms with Gasteiger partial charge in [-0.15, -0.1) is 0 Å². The number of nitrogens with zero attached hydrogens (tertiary/aromatic N) is 1. The quantitative estimate of drug-likeness (QED) is 0.424. The van der Waals surface area contributed by atoms with Gasteiger partial charge in [0.2, 0.25) is 0 Å². The molecule has 0 heterocycles. The van der Waals surface area contributed by atoms with E-state index in [-0.39, 0.29) is 0 Å². The molecule has 0 saturated carbocycles. The van der Waals surface area contributed by atoms with Crippen LogP contribution in [0.3, 0.4) is 0 Å². The Kier molecular flexibility index (Phi) is 4.95. The predicted molar refractivity (Wildman–Crippen MR) is 97.0 cm³/mol. The topological polar surface area (TPSA) is 47.9 Å². The summed E-state index contributed by atoms with van der Waals surface area (Å²) < 4.78 is 6.12. The SMILES string of the molecule is COc1ccc2c(c1)C(=NOC(=O)c1ccccc1I)CCC2. The molecule has 0 radical (unpaired) electrons. The van der Waals surface area contributed by atoms with Crippen LogP contribution in [0.4, 0.5) is 0 Å². The Morgan fingerprint density at radius 3 is 2.78 bits per heavy atom. The van der Waals surface area contributed by atoms with Crippen LogP contribution in [-0.2, 0) is 11.3 Å². The van der Waals surface area contributed by atoms with Gasteiger partial charge in [-0.3, -0.25) is 0 Å². The van der Waals surface area contributed by atoms with Crippen molar-refractivity contribution in [3.63, 3.8) is 0 Å².